The highest BCUT2D eigenvalue weighted by atomic mass is 32.2. The first-order valence-corrected chi connectivity index (χ1v) is 5.63. The number of nitrogens with zero attached hydrogens (tertiary/aromatic N) is 1. The molecule has 1 atom stereocenters. The van der Waals surface area contributed by atoms with Gasteiger partial charge < -0.3 is 0 Å². The third-order valence-corrected chi connectivity index (χ3v) is 4.34. The van der Waals surface area contributed by atoms with Crippen LogP contribution in [0.25, 0.3) is 0 Å². The number of benzene rings is 1. The van der Waals surface area contributed by atoms with Crippen LogP contribution >= 0.6 is 11.8 Å². The van der Waals surface area contributed by atoms with Crippen LogP contribution < -0.4 is 0 Å². The summed E-state index contributed by atoms with van der Waals surface area (Å²) in [6, 6.07) is 10.7. The highest BCUT2D eigenvalue weighted by Gasteiger charge is 2.35. The van der Waals surface area contributed by atoms with Gasteiger partial charge in [0.2, 0.25) is 0 Å². The molecule has 0 bridgehead atoms. The quantitative estimate of drug-likeness (QED) is 0.674. The molecular formula is C11H15NS. The third-order valence-electron chi connectivity index (χ3n) is 2.85. The average molecular weight is 193 g/mol. The molecule has 0 aliphatic carbocycles. The van der Waals surface area contributed by atoms with Crippen molar-refractivity contribution in [2.75, 3.05) is 19.3 Å². The maximum Gasteiger partial charge on any atom is 0.0896 e. The van der Waals surface area contributed by atoms with E-state index in [1.807, 2.05) is 11.8 Å². The van der Waals surface area contributed by atoms with E-state index >= 15 is 0 Å². The van der Waals surface area contributed by atoms with Gasteiger partial charge in [0.25, 0.3) is 0 Å². The van der Waals surface area contributed by atoms with Gasteiger partial charge >= 0.3 is 0 Å². The Kier molecular flexibility index (Phi) is 2.35. The predicted molar refractivity (Wildman–Crippen MR) is 58.9 cm³/mol. The minimum atomic E-state index is 0.196. The largest absolute Gasteiger partial charge is 0.288 e. The van der Waals surface area contributed by atoms with Crippen molar-refractivity contribution < 1.29 is 0 Å². The third kappa shape index (κ3) is 1.49. The summed E-state index contributed by atoms with van der Waals surface area (Å²) in [6.07, 6.45) is 0. The van der Waals surface area contributed by atoms with Crippen LogP contribution in [0.15, 0.2) is 30.3 Å². The van der Waals surface area contributed by atoms with E-state index in [0.717, 1.165) is 0 Å². The van der Waals surface area contributed by atoms with E-state index in [0.29, 0.717) is 0 Å². The van der Waals surface area contributed by atoms with Gasteiger partial charge in [0.05, 0.1) is 4.87 Å². The Morgan fingerprint density at radius 2 is 2.00 bits per heavy atom. The van der Waals surface area contributed by atoms with Crippen molar-refractivity contribution in [2.45, 2.75) is 11.8 Å². The van der Waals surface area contributed by atoms with Crippen LogP contribution in [0.3, 0.4) is 0 Å². The lowest BCUT2D eigenvalue weighted by molar-refractivity contribution is 0.262. The summed E-state index contributed by atoms with van der Waals surface area (Å²) in [6.45, 7) is 3.50. The van der Waals surface area contributed by atoms with Crippen LogP contribution in [0.5, 0.6) is 0 Å². The molecular weight excluding hydrogens is 178 g/mol. The molecule has 1 heterocycles. The van der Waals surface area contributed by atoms with Crippen LogP contribution in [-0.4, -0.2) is 24.2 Å². The van der Waals surface area contributed by atoms with Gasteiger partial charge in [0.1, 0.15) is 0 Å². The Morgan fingerprint density at radius 1 is 1.31 bits per heavy atom. The Bertz CT molecular complexity index is 285. The van der Waals surface area contributed by atoms with Crippen molar-refractivity contribution in [3.05, 3.63) is 35.9 Å². The molecule has 1 aliphatic heterocycles. The van der Waals surface area contributed by atoms with Crippen LogP contribution in [0.1, 0.15) is 12.5 Å². The molecule has 1 saturated heterocycles. The maximum absolute atomic E-state index is 2.42. The molecule has 1 nitrogen and oxygen atoms in total. The minimum Gasteiger partial charge on any atom is -0.288 e. The lowest BCUT2D eigenvalue weighted by Crippen LogP contribution is -2.33. The number of thioether (sulfide) groups is 1. The van der Waals surface area contributed by atoms with E-state index in [2.05, 4.69) is 49.2 Å². The Morgan fingerprint density at radius 3 is 2.54 bits per heavy atom. The second-order valence-electron chi connectivity index (χ2n) is 3.62. The van der Waals surface area contributed by atoms with Crippen molar-refractivity contribution in [3.8, 4) is 0 Å². The molecule has 1 unspecified atom stereocenters. The Hall–Kier alpha value is -0.470. The predicted octanol–water partition coefficient (Wildman–Crippen LogP) is 2.54. The molecule has 0 radical (unpaired) electrons. The molecule has 1 aromatic rings. The first-order valence-electron chi connectivity index (χ1n) is 4.64. The zero-order chi connectivity index (χ0) is 9.31. The van der Waals surface area contributed by atoms with E-state index in [1.165, 1.54) is 17.9 Å². The van der Waals surface area contributed by atoms with E-state index in [9.17, 15) is 0 Å². The fourth-order valence-electron chi connectivity index (χ4n) is 1.76. The monoisotopic (exact) mass is 193 g/mol. The maximum atomic E-state index is 2.42. The first-order chi connectivity index (χ1) is 6.23. The molecule has 2 heteroatoms. The van der Waals surface area contributed by atoms with Crippen LogP contribution in [-0.2, 0) is 4.87 Å². The molecule has 0 N–H and O–H groups in total. The van der Waals surface area contributed by atoms with Gasteiger partial charge in [-0.05, 0) is 19.5 Å². The average Bonchev–Trinajstić information content (AvgIpc) is 2.50. The van der Waals surface area contributed by atoms with E-state index in [4.69, 9.17) is 0 Å². The summed E-state index contributed by atoms with van der Waals surface area (Å²) in [4.78, 5) is 2.62. The second-order valence-corrected chi connectivity index (χ2v) is 5.11. The van der Waals surface area contributed by atoms with E-state index < -0.39 is 0 Å². The van der Waals surface area contributed by atoms with Crippen molar-refractivity contribution >= 4 is 11.8 Å². The topological polar surface area (TPSA) is 3.24 Å². The van der Waals surface area contributed by atoms with Crippen molar-refractivity contribution in [1.82, 2.24) is 4.90 Å². The lowest BCUT2D eigenvalue weighted by Gasteiger charge is -2.31. The molecule has 0 amide bonds. The SMILES string of the molecule is CN1CCSC1(C)c1ccccc1. The second kappa shape index (κ2) is 3.35. The fourth-order valence-corrected chi connectivity index (χ4v) is 3.13. The number of hydrogen-bond acceptors (Lipinski definition) is 2. The summed E-state index contributed by atoms with van der Waals surface area (Å²) in [5, 5.41) is 0. The first kappa shape index (κ1) is 9.10. The van der Waals surface area contributed by atoms with Gasteiger partial charge in [-0.1, -0.05) is 30.3 Å². The van der Waals surface area contributed by atoms with Crippen LogP contribution in [0.4, 0.5) is 0 Å². The minimum absolute atomic E-state index is 0.196. The molecule has 1 aromatic carbocycles. The molecule has 2 rings (SSSR count). The molecule has 0 aromatic heterocycles. The van der Waals surface area contributed by atoms with Crippen LogP contribution in [0.2, 0.25) is 0 Å². The number of rotatable bonds is 1. The summed E-state index contributed by atoms with van der Waals surface area (Å²) in [5.41, 5.74) is 1.42. The Balaban J connectivity index is 2.34. The summed E-state index contributed by atoms with van der Waals surface area (Å²) >= 11 is 2.03. The number of hydrogen-bond donors (Lipinski definition) is 0. The van der Waals surface area contributed by atoms with Crippen molar-refractivity contribution in [3.63, 3.8) is 0 Å². The molecule has 1 fully saturated rings. The summed E-state index contributed by atoms with van der Waals surface area (Å²) in [5.74, 6) is 1.24. The van der Waals surface area contributed by atoms with Gasteiger partial charge in [0.15, 0.2) is 0 Å². The fraction of sp³-hybridized carbons (Fsp3) is 0.455. The molecule has 0 saturated carbocycles. The van der Waals surface area contributed by atoms with Crippen LogP contribution in [0, 0.1) is 0 Å². The highest BCUT2D eigenvalue weighted by molar-refractivity contribution is 8.00. The Labute approximate surface area is 84.1 Å². The molecule has 70 valence electrons. The van der Waals surface area contributed by atoms with E-state index in [-0.39, 0.29) is 4.87 Å². The zero-order valence-electron chi connectivity index (χ0n) is 8.16. The summed E-state index contributed by atoms with van der Waals surface area (Å²) < 4.78 is 0. The normalized spacial score (nSPS) is 29.4. The zero-order valence-corrected chi connectivity index (χ0v) is 8.97. The molecule has 1 aliphatic rings. The smallest absolute Gasteiger partial charge is 0.0896 e. The van der Waals surface area contributed by atoms with Crippen molar-refractivity contribution in [2.24, 2.45) is 0 Å². The standard InChI is InChI=1S/C11H15NS/c1-11(12(2)8-9-13-11)10-6-4-3-5-7-10/h3-7H,8-9H2,1-2H3. The van der Waals surface area contributed by atoms with E-state index in [1.54, 1.807) is 0 Å². The van der Waals surface area contributed by atoms with Gasteiger partial charge in [-0.15, -0.1) is 11.8 Å². The highest BCUT2D eigenvalue weighted by Crippen LogP contribution is 2.42. The van der Waals surface area contributed by atoms with Gasteiger partial charge in [0, 0.05) is 12.3 Å². The van der Waals surface area contributed by atoms with Gasteiger partial charge in [-0.25, -0.2) is 0 Å². The molecule has 0 spiro atoms. The van der Waals surface area contributed by atoms with Crippen molar-refractivity contribution in [1.29, 1.82) is 0 Å². The van der Waals surface area contributed by atoms with Gasteiger partial charge in [-0.2, -0.15) is 0 Å². The summed E-state index contributed by atoms with van der Waals surface area (Å²) in [7, 11) is 2.20. The van der Waals surface area contributed by atoms with Gasteiger partial charge in [-0.3, -0.25) is 4.90 Å². The lowest BCUT2D eigenvalue weighted by atomic mass is 10.1. The molecule has 13 heavy (non-hydrogen) atoms.